The lowest BCUT2D eigenvalue weighted by atomic mass is 9.99. The number of amides is 1. The maximum atomic E-state index is 15.1. The Labute approximate surface area is 264 Å². The first-order chi connectivity index (χ1) is 21.2. The highest BCUT2D eigenvalue weighted by atomic mass is 35.5. The van der Waals surface area contributed by atoms with Gasteiger partial charge in [0.25, 0.3) is 0 Å². The summed E-state index contributed by atoms with van der Waals surface area (Å²) in [5, 5.41) is 14.6. The Morgan fingerprint density at radius 2 is 1.86 bits per heavy atom. The molecule has 14 heteroatoms. The number of aromatic nitrogens is 2. The summed E-state index contributed by atoms with van der Waals surface area (Å²) in [4.78, 5) is 44.0. The number of hydrogen-bond donors (Lipinski definition) is 1. The second kappa shape index (κ2) is 11.3. The molecule has 4 heterocycles. The van der Waals surface area contributed by atoms with Crippen molar-refractivity contribution in [3.63, 3.8) is 0 Å². The van der Waals surface area contributed by atoms with Crippen molar-refractivity contribution in [2.45, 2.75) is 62.6 Å². The zero-order chi connectivity index (χ0) is 30.7. The molecule has 2 aliphatic heterocycles. The molecule has 1 aliphatic carbocycles. The van der Waals surface area contributed by atoms with Gasteiger partial charge in [0.1, 0.15) is 29.4 Å². The van der Waals surface area contributed by atoms with Crippen LogP contribution in [0.25, 0.3) is 21.5 Å². The molecule has 2 bridgehead atoms. The smallest absolute Gasteiger partial charge is 0.344 e. The monoisotopic (exact) mass is 658 g/mol. The van der Waals surface area contributed by atoms with Gasteiger partial charge in [0.15, 0.2) is 16.7 Å². The number of carbonyl (C=O) groups is 3. The number of carbonyl (C=O) groups excluding carboxylic acids is 2. The van der Waals surface area contributed by atoms with E-state index < -0.39 is 24.3 Å². The van der Waals surface area contributed by atoms with E-state index in [9.17, 15) is 14.4 Å². The molecule has 7 rings (SSSR count). The van der Waals surface area contributed by atoms with Crippen LogP contribution in [0.15, 0.2) is 34.9 Å². The molecular weight excluding hydrogens is 634 g/mol. The van der Waals surface area contributed by atoms with E-state index in [4.69, 9.17) is 37.6 Å². The van der Waals surface area contributed by atoms with Gasteiger partial charge in [0.05, 0.1) is 14.7 Å². The maximum Gasteiger partial charge on any atom is 0.344 e. The third-order valence-corrected chi connectivity index (χ3v) is 10.1. The predicted octanol–water partition coefficient (Wildman–Crippen LogP) is 6.68. The van der Waals surface area contributed by atoms with Gasteiger partial charge in [-0.25, -0.2) is 14.2 Å². The number of anilines is 2. The summed E-state index contributed by atoms with van der Waals surface area (Å²) in [5.41, 5.74) is 1.28. The molecular formula is C30H25Cl2FN4O6S. The molecule has 2 aromatic carbocycles. The van der Waals surface area contributed by atoms with Crippen molar-refractivity contribution in [1.29, 1.82) is 0 Å². The van der Waals surface area contributed by atoms with Gasteiger partial charge in [-0.15, -0.1) is 0 Å². The third-order valence-electron chi connectivity index (χ3n) is 8.44. The molecule has 10 nitrogen and oxygen atoms in total. The minimum absolute atomic E-state index is 0.0241. The summed E-state index contributed by atoms with van der Waals surface area (Å²) in [6.45, 7) is -0.583. The SMILES string of the molecule is O=CN(CC(=O)O)c1cc(F)c2nc(N3[C@@H]4CC[C@H]3C[C@H](OC(=O)c3c(-c5c(Cl)cccc5Cl)noc3C3CC3)C4)sc2c1. The second-order valence-corrected chi connectivity index (χ2v) is 13.2. The molecule has 0 unspecified atom stereocenters. The molecule has 1 N–H and O–H groups in total. The van der Waals surface area contributed by atoms with Gasteiger partial charge in [-0.3, -0.25) is 9.59 Å². The number of benzene rings is 2. The molecule has 1 amide bonds. The van der Waals surface area contributed by atoms with Crippen molar-refractivity contribution in [1.82, 2.24) is 10.1 Å². The highest BCUT2D eigenvalue weighted by Gasteiger charge is 2.45. The molecule has 1 saturated carbocycles. The van der Waals surface area contributed by atoms with Gasteiger partial charge in [-0.2, -0.15) is 0 Å². The standard InChI is InChI=1S/C30H25Cl2FN4O6S/c31-19-2-1-3-20(32)24(19)27-25(28(43-35-27)14-4-5-14)29(41)42-18-8-15-6-7-16(9-18)37(15)30-34-26-21(33)10-17(11-22(26)44-30)36(13-38)12-23(39)40/h1-3,10-11,13-16,18H,4-9,12H2,(H,39,40)/t15-,16+,18-. The largest absolute Gasteiger partial charge is 0.480 e. The van der Waals surface area contributed by atoms with Gasteiger partial charge in [0, 0.05) is 42.1 Å². The number of hydrogen-bond acceptors (Lipinski definition) is 9. The van der Waals surface area contributed by atoms with Crippen molar-refractivity contribution in [2.75, 3.05) is 16.3 Å². The Hall–Kier alpha value is -3.74. The van der Waals surface area contributed by atoms with Gasteiger partial charge >= 0.3 is 11.9 Å². The van der Waals surface area contributed by atoms with Crippen molar-refractivity contribution in [2.24, 2.45) is 0 Å². The van der Waals surface area contributed by atoms with E-state index >= 15 is 4.39 Å². The average molecular weight is 660 g/mol. The number of carboxylic acids is 1. The number of carboxylic acid groups (broad SMARTS) is 1. The summed E-state index contributed by atoms with van der Waals surface area (Å²) >= 11 is 14.2. The molecule has 2 aromatic heterocycles. The number of fused-ring (bicyclic) bond motifs is 3. The van der Waals surface area contributed by atoms with Crippen LogP contribution < -0.4 is 9.80 Å². The number of rotatable bonds is 9. The number of nitrogens with zero attached hydrogens (tertiary/aromatic N) is 4. The number of thiazole rings is 1. The first-order valence-corrected chi connectivity index (χ1v) is 15.8. The summed E-state index contributed by atoms with van der Waals surface area (Å²) in [6, 6.07) is 7.82. The Morgan fingerprint density at radius 1 is 1.16 bits per heavy atom. The Morgan fingerprint density at radius 3 is 2.50 bits per heavy atom. The molecule has 4 aromatic rings. The van der Waals surface area contributed by atoms with Gasteiger partial charge < -0.3 is 24.2 Å². The topological polar surface area (TPSA) is 126 Å². The van der Waals surface area contributed by atoms with Crippen LogP contribution in [0.4, 0.5) is 15.2 Å². The van der Waals surface area contributed by atoms with E-state index in [1.165, 1.54) is 11.3 Å². The van der Waals surface area contributed by atoms with E-state index in [2.05, 4.69) is 15.0 Å². The van der Waals surface area contributed by atoms with Gasteiger partial charge in [-0.05, 0) is 49.9 Å². The third kappa shape index (κ3) is 5.18. The van der Waals surface area contributed by atoms with E-state index in [0.717, 1.165) is 36.6 Å². The number of piperidine rings is 1. The van der Waals surface area contributed by atoms with Crippen molar-refractivity contribution in [3.8, 4) is 11.3 Å². The molecule has 0 spiro atoms. The minimum atomic E-state index is -1.21. The highest BCUT2D eigenvalue weighted by molar-refractivity contribution is 7.22. The van der Waals surface area contributed by atoms with Gasteiger partial charge in [-0.1, -0.05) is 45.8 Å². The summed E-state index contributed by atoms with van der Waals surface area (Å²) in [6.07, 6.45) is 4.65. The fourth-order valence-electron chi connectivity index (χ4n) is 6.34. The predicted molar refractivity (Wildman–Crippen MR) is 162 cm³/mol. The van der Waals surface area contributed by atoms with E-state index in [1.54, 1.807) is 24.3 Å². The lowest BCUT2D eigenvalue weighted by Gasteiger charge is -2.38. The first-order valence-electron chi connectivity index (χ1n) is 14.2. The van der Waals surface area contributed by atoms with E-state index in [1.807, 2.05) is 0 Å². The number of aliphatic carboxylic acids is 1. The molecule has 228 valence electrons. The van der Waals surface area contributed by atoms with Crippen LogP contribution in [0.2, 0.25) is 10.0 Å². The fourth-order valence-corrected chi connectivity index (χ4v) is 8.07. The summed E-state index contributed by atoms with van der Waals surface area (Å²) in [7, 11) is 0. The minimum Gasteiger partial charge on any atom is -0.480 e. The first kappa shape index (κ1) is 29.0. The summed E-state index contributed by atoms with van der Waals surface area (Å²) < 4.78 is 27.3. The van der Waals surface area contributed by atoms with E-state index in [-0.39, 0.29) is 46.6 Å². The Bertz CT molecular complexity index is 1780. The van der Waals surface area contributed by atoms with Crippen LogP contribution in [-0.4, -0.2) is 58.3 Å². The lowest BCUT2D eigenvalue weighted by molar-refractivity contribution is -0.136. The lowest BCUT2D eigenvalue weighted by Crippen LogP contribution is -2.46. The fraction of sp³-hybridized carbons (Fsp3) is 0.367. The van der Waals surface area contributed by atoms with Crippen LogP contribution in [0.5, 0.6) is 0 Å². The molecule has 2 saturated heterocycles. The summed E-state index contributed by atoms with van der Waals surface area (Å²) in [5.74, 6) is -1.77. The van der Waals surface area contributed by atoms with Crippen LogP contribution in [0.3, 0.4) is 0 Å². The average Bonchev–Trinajstić information content (AvgIpc) is 3.48. The highest BCUT2D eigenvalue weighted by Crippen LogP contribution is 2.47. The Balaban J connectivity index is 1.12. The maximum absolute atomic E-state index is 15.1. The zero-order valence-corrected chi connectivity index (χ0v) is 25.4. The van der Waals surface area contributed by atoms with Crippen molar-refractivity contribution < 1.29 is 33.1 Å². The zero-order valence-electron chi connectivity index (χ0n) is 23.0. The second-order valence-electron chi connectivity index (χ2n) is 11.3. The molecule has 3 fully saturated rings. The molecule has 0 radical (unpaired) electrons. The molecule has 3 atom stereocenters. The van der Waals surface area contributed by atoms with Crippen molar-refractivity contribution >= 4 is 73.9 Å². The van der Waals surface area contributed by atoms with Gasteiger partial charge in [0.2, 0.25) is 6.41 Å². The van der Waals surface area contributed by atoms with Crippen LogP contribution in [-0.2, 0) is 14.3 Å². The number of esters is 1. The molecule has 3 aliphatic rings. The normalized spacial score (nSPS) is 21.1. The number of halogens is 3. The number of ether oxygens (including phenoxy) is 1. The van der Waals surface area contributed by atoms with Crippen LogP contribution in [0, 0.1) is 5.82 Å². The molecule has 44 heavy (non-hydrogen) atoms. The Kier molecular flexibility index (Phi) is 7.46. The van der Waals surface area contributed by atoms with Crippen LogP contribution in [0.1, 0.15) is 60.6 Å². The van der Waals surface area contributed by atoms with Crippen LogP contribution >= 0.6 is 34.5 Å². The van der Waals surface area contributed by atoms with Crippen molar-refractivity contribution in [3.05, 3.63) is 57.5 Å². The quantitative estimate of drug-likeness (QED) is 0.155. The van der Waals surface area contributed by atoms with E-state index in [0.29, 0.717) is 50.5 Å².